The van der Waals surface area contributed by atoms with E-state index in [1.165, 1.54) is 16.4 Å². The lowest BCUT2D eigenvalue weighted by atomic mass is 10.1. The molecule has 7 heteroatoms. The number of hydrogen-bond donors (Lipinski definition) is 1. The van der Waals surface area contributed by atoms with Crippen molar-refractivity contribution < 1.29 is 12.8 Å². The van der Waals surface area contributed by atoms with E-state index in [2.05, 4.69) is 21.2 Å². The zero-order valence-corrected chi connectivity index (χ0v) is 14.1. The molecule has 2 unspecified atom stereocenters. The Bertz CT molecular complexity index is 621. The van der Waals surface area contributed by atoms with E-state index in [4.69, 9.17) is 0 Å². The maximum atomic E-state index is 13.5. The number of nitrogens with zero attached hydrogens (tertiary/aromatic N) is 1. The number of halogens is 2. The number of aryl methyl sites for hydroxylation is 1. The van der Waals surface area contributed by atoms with Crippen molar-refractivity contribution in [2.75, 3.05) is 13.1 Å². The Kier molecular flexibility index (Phi) is 4.53. The molecule has 0 amide bonds. The molecule has 2 atom stereocenters. The van der Waals surface area contributed by atoms with Gasteiger partial charge in [-0.25, -0.2) is 12.8 Å². The Morgan fingerprint density at radius 1 is 1.40 bits per heavy atom. The van der Waals surface area contributed by atoms with Crippen LogP contribution in [0.1, 0.15) is 19.4 Å². The van der Waals surface area contributed by atoms with Gasteiger partial charge in [-0.15, -0.1) is 0 Å². The van der Waals surface area contributed by atoms with Crippen molar-refractivity contribution in [1.82, 2.24) is 9.62 Å². The van der Waals surface area contributed by atoms with Crippen molar-refractivity contribution >= 4 is 26.0 Å². The standard InChI is InChI=1S/C13H18BrFN2O2S/c1-8-6-12(15)11(14)7-13(8)20(18,19)17-5-4-16-9(2)10(17)3/h6-7,9-10,16H,4-5H2,1-3H3. The molecule has 112 valence electrons. The molecule has 1 saturated heterocycles. The summed E-state index contributed by atoms with van der Waals surface area (Å²) in [6.45, 7) is 6.48. The quantitative estimate of drug-likeness (QED) is 0.875. The monoisotopic (exact) mass is 364 g/mol. The van der Waals surface area contributed by atoms with Gasteiger partial charge in [0.1, 0.15) is 5.82 Å². The lowest BCUT2D eigenvalue weighted by Gasteiger charge is -2.37. The van der Waals surface area contributed by atoms with Crippen molar-refractivity contribution in [2.24, 2.45) is 0 Å². The Balaban J connectivity index is 2.47. The number of benzene rings is 1. The molecule has 1 aliphatic heterocycles. The SMILES string of the molecule is Cc1cc(F)c(Br)cc1S(=O)(=O)N1CCNC(C)C1C. The number of hydrogen-bond acceptors (Lipinski definition) is 3. The fraction of sp³-hybridized carbons (Fsp3) is 0.538. The highest BCUT2D eigenvalue weighted by atomic mass is 79.9. The minimum absolute atomic E-state index is 0.0859. The maximum Gasteiger partial charge on any atom is 0.243 e. The van der Waals surface area contributed by atoms with Crippen LogP contribution >= 0.6 is 15.9 Å². The third-order valence-corrected chi connectivity index (χ3v) is 6.52. The van der Waals surface area contributed by atoms with Gasteiger partial charge < -0.3 is 5.32 Å². The van der Waals surface area contributed by atoms with Crippen molar-refractivity contribution in [3.8, 4) is 0 Å². The molecule has 0 aliphatic carbocycles. The summed E-state index contributed by atoms with van der Waals surface area (Å²) in [5.41, 5.74) is 0.420. The molecule has 0 bridgehead atoms. The minimum Gasteiger partial charge on any atom is -0.311 e. The van der Waals surface area contributed by atoms with E-state index in [1.54, 1.807) is 6.92 Å². The van der Waals surface area contributed by atoms with E-state index in [9.17, 15) is 12.8 Å². The van der Waals surface area contributed by atoms with Gasteiger partial charge in [0.15, 0.2) is 0 Å². The van der Waals surface area contributed by atoms with Gasteiger partial charge in [0.25, 0.3) is 0 Å². The maximum absolute atomic E-state index is 13.5. The highest BCUT2D eigenvalue weighted by molar-refractivity contribution is 9.10. The molecule has 0 radical (unpaired) electrons. The van der Waals surface area contributed by atoms with Crippen LogP contribution in [0.15, 0.2) is 21.5 Å². The first-order valence-corrected chi connectivity index (χ1v) is 8.69. The fourth-order valence-corrected chi connectivity index (χ4v) is 4.83. The van der Waals surface area contributed by atoms with Crippen LogP contribution in [-0.2, 0) is 10.0 Å². The topological polar surface area (TPSA) is 49.4 Å². The van der Waals surface area contributed by atoms with Crippen molar-refractivity contribution in [3.05, 3.63) is 28.0 Å². The van der Waals surface area contributed by atoms with Gasteiger partial charge in [-0.05, 0) is 54.4 Å². The highest BCUT2D eigenvalue weighted by Crippen LogP contribution is 2.28. The predicted molar refractivity (Wildman–Crippen MR) is 79.7 cm³/mol. The van der Waals surface area contributed by atoms with E-state index in [0.717, 1.165) is 0 Å². The second kappa shape index (κ2) is 5.71. The summed E-state index contributed by atoms with van der Waals surface area (Å²) in [5, 5.41) is 3.25. The Morgan fingerprint density at radius 3 is 2.70 bits per heavy atom. The van der Waals surface area contributed by atoms with Gasteiger partial charge in [0, 0.05) is 25.2 Å². The van der Waals surface area contributed by atoms with Crippen LogP contribution < -0.4 is 5.32 Å². The number of sulfonamides is 1. The van der Waals surface area contributed by atoms with Gasteiger partial charge in [0.2, 0.25) is 10.0 Å². The molecular formula is C13H18BrFN2O2S. The molecule has 4 nitrogen and oxygen atoms in total. The normalized spacial score (nSPS) is 24.9. The molecule has 1 aliphatic rings. The average molecular weight is 365 g/mol. The largest absolute Gasteiger partial charge is 0.311 e. The molecule has 1 heterocycles. The van der Waals surface area contributed by atoms with Gasteiger partial charge in [-0.2, -0.15) is 4.31 Å². The third-order valence-electron chi connectivity index (χ3n) is 3.78. The first kappa shape index (κ1) is 15.9. The zero-order valence-electron chi connectivity index (χ0n) is 11.7. The van der Waals surface area contributed by atoms with E-state index in [1.807, 2.05) is 13.8 Å². The number of nitrogens with one attached hydrogen (secondary N) is 1. The lowest BCUT2D eigenvalue weighted by molar-refractivity contribution is 0.232. The number of rotatable bonds is 2. The second-order valence-corrected chi connectivity index (χ2v) is 7.84. The fourth-order valence-electron chi connectivity index (χ4n) is 2.40. The van der Waals surface area contributed by atoms with Crippen LogP contribution in [0, 0.1) is 12.7 Å². The first-order chi connectivity index (χ1) is 9.25. The molecule has 1 aromatic carbocycles. The molecule has 1 fully saturated rings. The summed E-state index contributed by atoms with van der Waals surface area (Å²) in [7, 11) is -3.62. The van der Waals surface area contributed by atoms with Crippen LogP contribution in [0.25, 0.3) is 0 Å². The summed E-state index contributed by atoms with van der Waals surface area (Å²) < 4.78 is 40.7. The van der Waals surface area contributed by atoms with Crippen molar-refractivity contribution in [3.63, 3.8) is 0 Å². The van der Waals surface area contributed by atoms with Crippen LogP contribution in [0.5, 0.6) is 0 Å². The molecule has 0 saturated carbocycles. The Labute approximate surface area is 127 Å². The minimum atomic E-state index is -3.62. The molecule has 2 rings (SSSR count). The van der Waals surface area contributed by atoms with Gasteiger partial charge in [-0.3, -0.25) is 0 Å². The Hall–Kier alpha value is -0.500. The molecule has 0 aromatic heterocycles. The third kappa shape index (κ3) is 2.77. The zero-order chi connectivity index (χ0) is 15.1. The molecular weight excluding hydrogens is 347 g/mol. The highest BCUT2D eigenvalue weighted by Gasteiger charge is 2.35. The van der Waals surface area contributed by atoms with Gasteiger partial charge >= 0.3 is 0 Å². The summed E-state index contributed by atoms with van der Waals surface area (Å²) in [6.07, 6.45) is 0. The summed E-state index contributed by atoms with van der Waals surface area (Å²) in [6, 6.07) is 2.53. The second-order valence-electron chi connectivity index (χ2n) is 5.13. The first-order valence-electron chi connectivity index (χ1n) is 6.46. The van der Waals surface area contributed by atoms with E-state index in [-0.39, 0.29) is 21.5 Å². The van der Waals surface area contributed by atoms with Gasteiger partial charge in [-0.1, -0.05) is 0 Å². The smallest absolute Gasteiger partial charge is 0.243 e. The summed E-state index contributed by atoms with van der Waals surface area (Å²) >= 11 is 3.05. The number of piperazine rings is 1. The Morgan fingerprint density at radius 2 is 2.05 bits per heavy atom. The van der Waals surface area contributed by atoms with E-state index < -0.39 is 15.8 Å². The lowest BCUT2D eigenvalue weighted by Crippen LogP contribution is -2.57. The van der Waals surface area contributed by atoms with E-state index >= 15 is 0 Å². The predicted octanol–water partition coefficient (Wildman–Crippen LogP) is 2.27. The molecule has 1 aromatic rings. The average Bonchev–Trinajstić information content (AvgIpc) is 2.36. The van der Waals surface area contributed by atoms with E-state index in [0.29, 0.717) is 18.7 Å². The molecule has 20 heavy (non-hydrogen) atoms. The van der Waals surface area contributed by atoms with Crippen LogP contribution in [-0.4, -0.2) is 37.9 Å². The summed E-state index contributed by atoms with van der Waals surface area (Å²) in [5.74, 6) is -0.455. The van der Waals surface area contributed by atoms with Crippen LogP contribution in [0.3, 0.4) is 0 Å². The summed E-state index contributed by atoms with van der Waals surface area (Å²) in [4.78, 5) is 0.159. The van der Waals surface area contributed by atoms with Crippen LogP contribution in [0.4, 0.5) is 4.39 Å². The molecule has 1 N–H and O–H groups in total. The molecule has 0 spiro atoms. The van der Waals surface area contributed by atoms with Crippen LogP contribution in [0.2, 0.25) is 0 Å². The van der Waals surface area contributed by atoms with Gasteiger partial charge in [0.05, 0.1) is 9.37 Å². The van der Waals surface area contributed by atoms with Crippen molar-refractivity contribution in [2.45, 2.75) is 37.8 Å². The van der Waals surface area contributed by atoms with Crippen molar-refractivity contribution in [1.29, 1.82) is 0 Å².